The summed E-state index contributed by atoms with van der Waals surface area (Å²) in [5, 5.41) is 4.86. The lowest BCUT2D eigenvalue weighted by molar-refractivity contribution is 0.432. The van der Waals surface area contributed by atoms with Crippen molar-refractivity contribution in [1.82, 2.24) is 4.31 Å². The first kappa shape index (κ1) is 15.1. The molecule has 0 atom stereocenters. The Morgan fingerprint density at radius 3 is 2.35 bits per heavy atom. The number of benzene rings is 1. The van der Waals surface area contributed by atoms with Crippen LogP contribution in [0, 0.1) is 5.82 Å². The van der Waals surface area contributed by atoms with E-state index in [-0.39, 0.29) is 13.1 Å². The number of sulfonamides is 2. The molecule has 0 unspecified atom stereocenters. The number of nitrogens with zero attached hydrogens (tertiary/aromatic N) is 1. The zero-order valence-electron chi connectivity index (χ0n) is 10.4. The molecule has 0 saturated heterocycles. The molecule has 2 rings (SSSR count). The lowest BCUT2D eigenvalue weighted by Crippen LogP contribution is -2.34. The molecule has 0 radical (unpaired) electrons. The minimum Gasteiger partial charge on any atom is -0.225 e. The van der Waals surface area contributed by atoms with E-state index in [1.807, 2.05) is 6.08 Å². The maximum absolute atomic E-state index is 13.9. The van der Waals surface area contributed by atoms with Crippen LogP contribution in [0.4, 0.5) is 4.39 Å². The summed E-state index contributed by atoms with van der Waals surface area (Å²) in [4.78, 5) is -1.02. The molecule has 1 aromatic carbocycles. The highest BCUT2D eigenvalue weighted by Gasteiger charge is 2.28. The van der Waals surface area contributed by atoms with Gasteiger partial charge in [0.25, 0.3) is 0 Å². The molecule has 0 amide bonds. The van der Waals surface area contributed by atoms with Crippen molar-refractivity contribution in [1.29, 1.82) is 0 Å². The molecule has 110 valence electrons. The molecule has 1 aliphatic heterocycles. The van der Waals surface area contributed by atoms with E-state index < -0.39 is 35.7 Å². The van der Waals surface area contributed by atoms with Gasteiger partial charge in [0.1, 0.15) is 10.7 Å². The van der Waals surface area contributed by atoms with Gasteiger partial charge >= 0.3 is 0 Å². The zero-order valence-corrected chi connectivity index (χ0v) is 12.0. The standard InChI is InChI=1S/C11H13FN2O4S2/c12-10-8-9(19(13,15)16)4-5-11(10)20(17,18)14-6-2-1-3-7-14/h1-2,4-5,8H,3,6-7H2,(H2,13,15,16). The topological polar surface area (TPSA) is 97.5 Å². The van der Waals surface area contributed by atoms with Gasteiger partial charge in [0.15, 0.2) is 0 Å². The molecule has 9 heteroatoms. The first-order valence-corrected chi connectivity index (χ1v) is 8.69. The van der Waals surface area contributed by atoms with Crippen LogP contribution in [-0.2, 0) is 20.0 Å². The first-order chi connectivity index (χ1) is 9.23. The van der Waals surface area contributed by atoms with E-state index in [0.717, 1.165) is 16.4 Å². The number of nitrogens with two attached hydrogens (primary N) is 1. The highest BCUT2D eigenvalue weighted by molar-refractivity contribution is 7.89. The van der Waals surface area contributed by atoms with Gasteiger partial charge in [0, 0.05) is 13.1 Å². The maximum atomic E-state index is 13.9. The van der Waals surface area contributed by atoms with Gasteiger partial charge in [-0.25, -0.2) is 26.4 Å². The molecule has 1 aliphatic rings. The smallest absolute Gasteiger partial charge is 0.225 e. The van der Waals surface area contributed by atoms with E-state index in [0.29, 0.717) is 12.5 Å². The van der Waals surface area contributed by atoms with Gasteiger partial charge in [-0.3, -0.25) is 0 Å². The zero-order chi connectivity index (χ0) is 15.0. The Labute approximate surface area is 116 Å². The molecule has 20 heavy (non-hydrogen) atoms. The Kier molecular flexibility index (Phi) is 3.96. The summed E-state index contributed by atoms with van der Waals surface area (Å²) in [7, 11) is -8.06. The van der Waals surface area contributed by atoms with Crippen LogP contribution in [0.3, 0.4) is 0 Å². The second kappa shape index (κ2) is 5.24. The molecule has 0 bridgehead atoms. The fourth-order valence-electron chi connectivity index (χ4n) is 1.84. The number of hydrogen-bond donors (Lipinski definition) is 1. The highest BCUT2D eigenvalue weighted by Crippen LogP contribution is 2.23. The predicted octanol–water partition coefficient (Wildman–Crippen LogP) is 0.424. The first-order valence-electron chi connectivity index (χ1n) is 5.70. The van der Waals surface area contributed by atoms with Gasteiger partial charge in [-0.2, -0.15) is 4.31 Å². The number of halogens is 1. The summed E-state index contributed by atoms with van der Waals surface area (Å²) in [6, 6.07) is 2.51. The average molecular weight is 320 g/mol. The van der Waals surface area contributed by atoms with Gasteiger partial charge in [-0.1, -0.05) is 12.2 Å². The Morgan fingerprint density at radius 2 is 1.85 bits per heavy atom. The van der Waals surface area contributed by atoms with Crippen molar-refractivity contribution in [3.8, 4) is 0 Å². The molecule has 0 fully saturated rings. The summed E-state index contributed by atoms with van der Waals surface area (Å²) >= 11 is 0. The summed E-state index contributed by atoms with van der Waals surface area (Å²) < 4.78 is 61.7. The van der Waals surface area contributed by atoms with E-state index in [4.69, 9.17) is 5.14 Å². The van der Waals surface area contributed by atoms with Crippen molar-refractivity contribution in [3.63, 3.8) is 0 Å². The third-order valence-electron chi connectivity index (χ3n) is 2.87. The second-order valence-electron chi connectivity index (χ2n) is 4.26. The lowest BCUT2D eigenvalue weighted by atomic mass is 10.3. The van der Waals surface area contributed by atoms with Crippen molar-refractivity contribution < 1.29 is 21.2 Å². The van der Waals surface area contributed by atoms with E-state index in [9.17, 15) is 21.2 Å². The van der Waals surface area contributed by atoms with Crippen LogP contribution < -0.4 is 5.14 Å². The monoisotopic (exact) mass is 320 g/mol. The minimum absolute atomic E-state index is 0.165. The second-order valence-corrected chi connectivity index (χ2v) is 7.73. The van der Waals surface area contributed by atoms with Crippen molar-refractivity contribution >= 4 is 20.0 Å². The molecule has 0 spiro atoms. The van der Waals surface area contributed by atoms with Crippen LogP contribution in [0.5, 0.6) is 0 Å². The van der Waals surface area contributed by atoms with E-state index in [1.165, 1.54) is 0 Å². The highest BCUT2D eigenvalue weighted by atomic mass is 32.2. The molecular weight excluding hydrogens is 307 g/mol. The number of primary sulfonamides is 1. The minimum atomic E-state index is -4.07. The van der Waals surface area contributed by atoms with Gasteiger partial charge in [0.05, 0.1) is 4.90 Å². The average Bonchev–Trinajstić information content (AvgIpc) is 2.38. The molecule has 6 nitrogen and oxygen atoms in total. The SMILES string of the molecule is NS(=O)(=O)c1ccc(S(=O)(=O)N2CC=CCC2)c(F)c1. The Hall–Kier alpha value is -1.29. The van der Waals surface area contributed by atoms with Gasteiger partial charge in [-0.05, 0) is 24.6 Å². The van der Waals surface area contributed by atoms with Crippen LogP contribution in [0.1, 0.15) is 6.42 Å². The van der Waals surface area contributed by atoms with E-state index >= 15 is 0 Å². The van der Waals surface area contributed by atoms with Crippen LogP contribution >= 0.6 is 0 Å². The molecule has 0 aromatic heterocycles. The van der Waals surface area contributed by atoms with E-state index in [2.05, 4.69) is 0 Å². The Morgan fingerprint density at radius 1 is 1.15 bits per heavy atom. The van der Waals surface area contributed by atoms with Gasteiger partial charge in [-0.15, -0.1) is 0 Å². The van der Waals surface area contributed by atoms with Gasteiger partial charge in [0.2, 0.25) is 20.0 Å². The van der Waals surface area contributed by atoms with Crippen LogP contribution in [0.15, 0.2) is 40.1 Å². The maximum Gasteiger partial charge on any atom is 0.246 e. The van der Waals surface area contributed by atoms with Crippen LogP contribution in [0.25, 0.3) is 0 Å². The molecule has 0 saturated carbocycles. The summed E-state index contributed by atoms with van der Waals surface area (Å²) in [6.45, 7) is 0.425. The van der Waals surface area contributed by atoms with Crippen molar-refractivity contribution in [2.45, 2.75) is 16.2 Å². The molecule has 2 N–H and O–H groups in total. The fraction of sp³-hybridized carbons (Fsp3) is 0.273. The van der Waals surface area contributed by atoms with Crippen LogP contribution in [0.2, 0.25) is 0 Å². The van der Waals surface area contributed by atoms with Crippen molar-refractivity contribution in [2.75, 3.05) is 13.1 Å². The largest absolute Gasteiger partial charge is 0.246 e. The third-order valence-corrected chi connectivity index (χ3v) is 5.68. The Bertz CT molecular complexity index is 757. The van der Waals surface area contributed by atoms with Crippen molar-refractivity contribution in [3.05, 3.63) is 36.2 Å². The molecule has 0 aliphatic carbocycles. The third kappa shape index (κ3) is 2.90. The summed E-state index contributed by atoms with van der Waals surface area (Å²) in [5.41, 5.74) is 0. The van der Waals surface area contributed by atoms with E-state index in [1.54, 1.807) is 6.08 Å². The Balaban J connectivity index is 2.45. The lowest BCUT2D eigenvalue weighted by Gasteiger charge is -2.23. The molecule has 1 heterocycles. The molecule has 1 aromatic rings. The summed E-state index contributed by atoms with van der Waals surface area (Å²) in [5.74, 6) is -1.13. The fourth-order valence-corrected chi connectivity index (χ4v) is 3.82. The van der Waals surface area contributed by atoms with Gasteiger partial charge < -0.3 is 0 Å². The van der Waals surface area contributed by atoms with Crippen molar-refractivity contribution in [2.24, 2.45) is 5.14 Å². The predicted molar refractivity (Wildman–Crippen MR) is 70.3 cm³/mol. The van der Waals surface area contributed by atoms with Crippen LogP contribution in [-0.4, -0.2) is 34.2 Å². The number of rotatable bonds is 3. The number of hydrogen-bond acceptors (Lipinski definition) is 4. The summed E-state index contributed by atoms with van der Waals surface area (Å²) in [6.07, 6.45) is 4.07. The quantitative estimate of drug-likeness (QED) is 0.816. The molecular formula is C11H13FN2O4S2. The normalized spacial score (nSPS) is 17.3.